The summed E-state index contributed by atoms with van der Waals surface area (Å²) in [5, 5.41) is 11.0. The van der Waals surface area contributed by atoms with Crippen molar-refractivity contribution >= 4 is 36.4 Å². The van der Waals surface area contributed by atoms with E-state index >= 15 is 0 Å². The Morgan fingerprint density at radius 2 is 2.20 bits per heavy atom. The first-order valence-electron chi connectivity index (χ1n) is 6.07. The summed E-state index contributed by atoms with van der Waals surface area (Å²) in [6.07, 6.45) is 3.39. The number of carbonyl (C=O) groups is 1. The first kappa shape index (κ1) is 16.7. The molecule has 0 bridgehead atoms. The molecule has 1 atom stereocenters. The molecule has 20 heavy (non-hydrogen) atoms. The molecule has 0 unspecified atom stereocenters. The van der Waals surface area contributed by atoms with Gasteiger partial charge in [-0.2, -0.15) is 0 Å². The fourth-order valence-electron chi connectivity index (χ4n) is 2.26. The number of hydrogen-bond acceptors (Lipinski definition) is 4. The molecule has 1 aliphatic heterocycles. The smallest absolute Gasteiger partial charge is 0.255 e. The molecule has 0 aliphatic carbocycles. The minimum Gasteiger partial charge on any atom is -0.333 e. The second kappa shape index (κ2) is 6.88. The van der Waals surface area contributed by atoms with Gasteiger partial charge >= 0.3 is 0 Å². The maximum Gasteiger partial charge on any atom is 0.255 e. The van der Waals surface area contributed by atoms with E-state index in [1.54, 1.807) is 23.0 Å². The highest BCUT2D eigenvalue weighted by atomic mass is 35.5. The Balaban J connectivity index is 0.000001000. The van der Waals surface area contributed by atoms with Gasteiger partial charge in [-0.05, 0) is 19.1 Å². The molecule has 8 heteroatoms. The first-order chi connectivity index (χ1) is 8.75. The van der Waals surface area contributed by atoms with Crippen LogP contribution in [-0.4, -0.2) is 51.1 Å². The van der Waals surface area contributed by atoms with Crippen LogP contribution in [0.5, 0.6) is 0 Å². The van der Waals surface area contributed by atoms with E-state index in [9.17, 15) is 4.79 Å². The summed E-state index contributed by atoms with van der Waals surface area (Å²) in [4.78, 5) is 14.3. The zero-order valence-corrected chi connectivity index (χ0v) is 12.7. The number of nitrogens with one attached hydrogen (secondary N) is 1. The predicted octanol–water partition coefficient (Wildman–Crippen LogP) is 1.01. The summed E-state index contributed by atoms with van der Waals surface area (Å²) in [5.41, 5.74) is 1.43. The molecule has 1 fully saturated rings. The molecule has 2 aromatic rings. The summed E-state index contributed by atoms with van der Waals surface area (Å²) in [5.74, 6) is 0.0691. The Hall–Kier alpha value is -1.37. The monoisotopic (exact) mass is 317 g/mol. The highest BCUT2D eigenvalue weighted by molar-refractivity contribution is 5.94. The average Bonchev–Trinajstić information content (AvgIpc) is 2.85. The molecule has 110 valence electrons. The number of piperazine rings is 1. The lowest BCUT2D eigenvalue weighted by Crippen LogP contribution is -2.52. The molecule has 0 spiro atoms. The summed E-state index contributed by atoms with van der Waals surface area (Å²) in [6, 6.07) is 3.84. The van der Waals surface area contributed by atoms with Gasteiger partial charge in [0.05, 0.1) is 5.56 Å². The lowest BCUT2D eigenvalue weighted by molar-refractivity contribution is 0.0655. The van der Waals surface area contributed by atoms with Crippen LogP contribution in [0.3, 0.4) is 0 Å². The minimum atomic E-state index is 0. The van der Waals surface area contributed by atoms with Crippen LogP contribution >= 0.6 is 24.8 Å². The van der Waals surface area contributed by atoms with Gasteiger partial charge in [0.1, 0.15) is 6.33 Å². The highest BCUT2D eigenvalue weighted by Gasteiger charge is 2.24. The van der Waals surface area contributed by atoms with Crippen molar-refractivity contribution in [3.8, 4) is 0 Å². The van der Waals surface area contributed by atoms with Crippen molar-refractivity contribution < 1.29 is 4.79 Å². The van der Waals surface area contributed by atoms with Crippen molar-refractivity contribution in [2.75, 3.05) is 19.6 Å². The maximum absolute atomic E-state index is 12.4. The molecule has 1 aliphatic rings. The number of hydrogen-bond donors (Lipinski definition) is 1. The third kappa shape index (κ3) is 3.03. The first-order valence-corrected chi connectivity index (χ1v) is 6.07. The number of rotatable bonds is 1. The molecule has 3 heterocycles. The summed E-state index contributed by atoms with van der Waals surface area (Å²) in [6.45, 7) is 4.51. The summed E-state index contributed by atoms with van der Waals surface area (Å²) >= 11 is 0. The number of amides is 1. The third-order valence-electron chi connectivity index (χ3n) is 3.30. The van der Waals surface area contributed by atoms with Crippen LogP contribution < -0.4 is 5.32 Å². The van der Waals surface area contributed by atoms with Crippen LogP contribution in [0.4, 0.5) is 0 Å². The van der Waals surface area contributed by atoms with Gasteiger partial charge in [-0.25, -0.2) is 0 Å². The number of pyridine rings is 1. The molecule has 3 rings (SSSR count). The molecular weight excluding hydrogens is 301 g/mol. The average molecular weight is 318 g/mol. The topological polar surface area (TPSA) is 62.5 Å². The Kier molecular flexibility index (Phi) is 5.74. The quantitative estimate of drug-likeness (QED) is 0.852. The van der Waals surface area contributed by atoms with E-state index in [1.807, 2.05) is 11.0 Å². The van der Waals surface area contributed by atoms with E-state index in [-0.39, 0.29) is 36.8 Å². The van der Waals surface area contributed by atoms with Crippen LogP contribution in [0, 0.1) is 0 Å². The fraction of sp³-hybridized carbons (Fsp3) is 0.417. The van der Waals surface area contributed by atoms with Gasteiger partial charge in [-0.1, -0.05) is 0 Å². The van der Waals surface area contributed by atoms with Crippen LogP contribution in [-0.2, 0) is 0 Å². The molecule has 1 N–H and O–H groups in total. The molecular formula is C12H17Cl2N5O. The van der Waals surface area contributed by atoms with E-state index in [0.717, 1.165) is 25.3 Å². The molecule has 0 radical (unpaired) electrons. The number of fused-ring (bicyclic) bond motifs is 1. The molecule has 0 saturated carbocycles. The summed E-state index contributed by atoms with van der Waals surface area (Å²) < 4.78 is 1.76. The number of aromatic nitrogens is 3. The maximum atomic E-state index is 12.4. The molecule has 1 saturated heterocycles. The molecule has 6 nitrogen and oxygen atoms in total. The Morgan fingerprint density at radius 3 is 2.95 bits per heavy atom. The van der Waals surface area contributed by atoms with Gasteiger partial charge in [0, 0.05) is 31.9 Å². The van der Waals surface area contributed by atoms with Gasteiger partial charge in [-0.15, -0.1) is 35.0 Å². The van der Waals surface area contributed by atoms with Gasteiger partial charge < -0.3 is 10.2 Å². The van der Waals surface area contributed by atoms with E-state index in [4.69, 9.17) is 0 Å². The van der Waals surface area contributed by atoms with E-state index in [2.05, 4.69) is 22.4 Å². The van der Waals surface area contributed by atoms with Crippen molar-refractivity contribution in [2.45, 2.75) is 13.0 Å². The second-order valence-electron chi connectivity index (χ2n) is 4.57. The Labute approximate surface area is 129 Å². The molecule has 2 aromatic heterocycles. The van der Waals surface area contributed by atoms with E-state index in [0.29, 0.717) is 5.56 Å². The largest absolute Gasteiger partial charge is 0.333 e. The highest BCUT2D eigenvalue weighted by Crippen LogP contribution is 2.11. The lowest BCUT2D eigenvalue weighted by Gasteiger charge is -2.34. The van der Waals surface area contributed by atoms with Crippen LogP contribution in [0.25, 0.3) is 5.65 Å². The SMILES string of the molecule is C[C@@H]1CNCCN1C(=O)c1ccc2nncn2c1.Cl.Cl. The van der Waals surface area contributed by atoms with Crippen molar-refractivity contribution in [2.24, 2.45) is 0 Å². The second-order valence-corrected chi connectivity index (χ2v) is 4.57. The third-order valence-corrected chi connectivity index (χ3v) is 3.30. The standard InChI is InChI=1S/C12H15N5O.2ClH/c1-9-6-13-4-5-17(9)12(18)10-2-3-11-15-14-8-16(11)7-10;;/h2-3,7-9,13H,4-6H2,1H3;2*1H/t9-;;/m1../s1. The predicted molar refractivity (Wildman–Crippen MR) is 80.9 cm³/mol. The summed E-state index contributed by atoms with van der Waals surface area (Å²) in [7, 11) is 0. The number of nitrogens with zero attached hydrogens (tertiary/aromatic N) is 4. The number of halogens is 2. The van der Waals surface area contributed by atoms with Crippen molar-refractivity contribution in [1.29, 1.82) is 0 Å². The lowest BCUT2D eigenvalue weighted by atomic mass is 10.1. The zero-order chi connectivity index (χ0) is 12.5. The van der Waals surface area contributed by atoms with E-state index in [1.165, 1.54) is 0 Å². The van der Waals surface area contributed by atoms with Gasteiger partial charge in [0.2, 0.25) is 0 Å². The minimum absolute atomic E-state index is 0. The normalized spacial score (nSPS) is 18.2. The van der Waals surface area contributed by atoms with Gasteiger partial charge in [0.25, 0.3) is 5.91 Å². The van der Waals surface area contributed by atoms with Crippen molar-refractivity contribution in [1.82, 2.24) is 24.8 Å². The van der Waals surface area contributed by atoms with Crippen LogP contribution in [0.1, 0.15) is 17.3 Å². The fourth-order valence-corrected chi connectivity index (χ4v) is 2.26. The Morgan fingerprint density at radius 1 is 1.40 bits per heavy atom. The van der Waals surface area contributed by atoms with Crippen molar-refractivity contribution in [3.05, 3.63) is 30.2 Å². The van der Waals surface area contributed by atoms with Crippen LogP contribution in [0.15, 0.2) is 24.7 Å². The molecule has 1 amide bonds. The number of carbonyl (C=O) groups excluding carboxylic acids is 1. The van der Waals surface area contributed by atoms with Gasteiger partial charge in [-0.3, -0.25) is 9.20 Å². The Bertz CT molecular complexity index is 588. The molecule has 0 aromatic carbocycles. The van der Waals surface area contributed by atoms with Gasteiger partial charge in [0.15, 0.2) is 5.65 Å². The van der Waals surface area contributed by atoms with E-state index < -0.39 is 0 Å². The van der Waals surface area contributed by atoms with Crippen LogP contribution in [0.2, 0.25) is 0 Å². The zero-order valence-electron chi connectivity index (χ0n) is 11.0. The van der Waals surface area contributed by atoms with Crippen molar-refractivity contribution in [3.63, 3.8) is 0 Å².